The Labute approximate surface area is 173 Å². The second-order valence-corrected chi connectivity index (χ2v) is 6.16. The number of rotatable bonds is 7. The first kappa shape index (κ1) is 22.0. The summed E-state index contributed by atoms with van der Waals surface area (Å²) in [5, 5.41) is 24.8. The normalized spacial score (nSPS) is 11.1. The number of alkyl halides is 3. The summed E-state index contributed by atoms with van der Waals surface area (Å²) < 4.78 is 45.7. The van der Waals surface area contributed by atoms with Crippen molar-refractivity contribution in [2.24, 2.45) is 0 Å². The third-order valence-corrected chi connectivity index (χ3v) is 4.12. The Kier molecular flexibility index (Phi) is 6.37. The molecule has 1 aromatic heterocycles. The quantitative estimate of drug-likeness (QED) is 0.371. The Morgan fingerprint density at radius 3 is 2.65 bits per heavy atom. The molecule has 1 heterocycles. The lowest BCUT2D eigenvalue weighted by molar-refractivity contribution is -0.137. The maximum absolute atomic E-state index is 13.1. The highest BCUT2D eigenvalue weighted by atomic mass is 19.4. The van der Waals surface area contributed by atoms with Gasteiger partial charge in [0.05, 0.1) is 22.5 Å². The summed E-state index contributed by atoms with van der Waals surface area (Å²) in [5.41, 5.74) is -1.34. The van der Waals surface area contributed by atoms with E-state index >= 15 is 0 Å². The van der Waals surface area contributed by atoms with E-state index in [1.807, 2.05) is 0 Å². The van der Waals surface area contributed by atoms with Crippen LogP contribution < -0.4 is 15.5 Å². The summed E-state index contributed by atoms with van der Waals surface area (Å²) in [4.78, 5) is 27.3. The van der Waals surface area contributed by atoms with Gasteiger partial charge >= 0.3 is 13.3 Å². The van der Waals surface area contributed by atoms with Crippen LogP contribution in [0.1, 0.15) is 15.9 Å². The average molecular weight is 434 g/mol. The first-order valence-electron chi connectivity index (χ1n) is 8.64. The minimum Gasteiger partial charge on any atom is -0.483 e. The van der Waals surface area contributed by atoms with Crippen LogP contribution in [0.15, 0.2) is 49.1 Å². The molecule has 3 rings (SSSR count). The minimum atomic E-state index is -4.64. The van der Waals surface area contributed by atoms with Crippen molar-refractivity contribution in [3.63, 3.8) is 0 Å². The van der Waals surface area contributed by atoms with Gasteiger partial charge in [0.15, 0.2) is 12.9 Å². The standard InChI is InChI=1S/C18H14BF3N4O5/c20-18(21,22)11-4-5-15(26-10-23-9-24-26)14(6-11)25-17(28)8-31-16-3-1-2-13(19(29)30)12(16)7-27/h1-7,9-10,29-30H,8H2,(H,25,28). The van der Waals surface area contributed by atoms with Gasteiger partial charge in [-0.05, 0) is 29.7 Å². The summed E-state index contributed by atoms with van der Waals surface area (Å²) in [5.74, 6) is -0.927. The lowest BCUT2D eigenvalue weighted by atomic mass is 9.77. The molecule has 160 valence electrons. The number of aromatic nitrogens is 3. The summed E-state index contributed by atoms with van der Waals surface area (Å²) in [6.45, 7) is -0.668. The fraction of sp³-hybridized carbons (Fsp3) is 0.111. The molecule has 2 aromatic carbocycles. The maximum atomic E-state index is 13.1. The van der Waals surface area contributed by atoms with Crippen molar-refractivity contribution >= 4 is 30.5 Å². The predicted molar refractivity (Wildman–Crippen MR) is 102 cm³/mol. The second kappa shape index (κ2) is 8.98. The Bertz CT molecular complexity index is 1090. The Morgan fingerprint density at radius 1 is 1.26 bits per heavy atom. The molecule has 13 heteroatoms. The monoisotopic (exact) mass is 434 g/mol. The van der Waals surface area contributed by atoms with Crippen LogP contribution >= 0.6 is 0 Å². The molecule has 0 saturated heterocycles. The van der Waals surface area contributed by atoms with Crippen LogP contribution in [0.25, 0.3) is 5.69 Å². The molecule has 3 aromatic rings. The predicted octanol–water partition coefficient (Wildman–Crippen LogP) is 0.796. The number of carbonyl (C=O) groups is 2. The van der Waals surface area contributed by atoms with Crippen molar-refractivity contribution in [3.8, 4) is 11.4 Å². The van der Waals surface area contributed by atoms with Crippen molar-refractivity contribution < 1.29 is 37.5 Å². The topological polar surface area (TPSA) is 127 Å². The lowest BCUT2D eigenvalue weighted by Gasteiger charge is -2.15. The SMILES string of the molecule is O=Cc1c(OCC(=O)Nc2cc(C(F)(F)F)ccc2-n2cncn2)cccc1B(O)O. The van der Waals surface area contributed by atoms with Gasteiger partial charge in [-0.1, -0.05) is 12.1 Å². The first-order chi connectivity index (χ1) is 14.7. The molecule has 0 spiro atoms. The fourth-order valence-corrected chi connectivity index (χ4v) is 2.71. The van der Waals surface area contributed by atoms with Gasteiger partial charge in [-0.2, -0.15) is 18.3 Å². The number of anilines is 1. The van der Waals surface area contributed by atoms with Gasteiger partial charge in [-0.25, -0.2) is 9.67 Å². The number of amides is 1. The fourth-order valence-electron chi connectivity index (χ4n) is 2.71. The molecular weight excluding hydrogens is 420 g/mol. The molecular formula is C18H14BF3N4O5. The molecule has 9 nitrogen and oxygen atoms in total. The van der Waals surface area contributed by atoms with Crippen molar-refractivity contribution in [1.29, 1.82) is 0 Å². The van der Waals surface area contributed by atoms with E-state index in [0.29, 0.717) is 6.29 Å². The average Bonchev–Trinajstić information content (AvgIpc) is 3.25. The summed E-state index contributed by atoms with van der Waals surface area (Å²) in [7, 11) is -1.94. The van der Waals surface area contributed by atoms with Crippen LogP contribution in [0.2, 0.25) is 0 Å². The molecule has 0 unspecified atom stereocenters. The Balaban J connectivity index is 1.82. The van der Waals surface area contributed by atoms with Crippen molar-refractivity contribution in [2.45, 2.75) is 6.18 Å². The van der Waals surface area contributed by atoms with Gasteiger partial charge in [-0.3, -0.25) is 9.59 Å². The lowest BCUT2D eigenvalue weighted by Crippen LogP contribution is -2.33. The number of hydrogen-bond acceptors (Lipinski definition) is 7. The molecule has 0 saturated carbocycles. The van der Waals surface area contributed by atoms with Crippen molar-refractivity contribution in [2.75, 3.05) is 11.9 Å². The Hall–Kier alpha value is -3.71. The van der Waals surface area contributed by atoms with Crippen LogP contribution in [-0.4, -0.2) is 50.7 Å². The molecule has 0 atom stereocenters. The largest absolute Gasteiger partial charge is 0.489 e. The minimum absolute atomic E-state index is 0.101. The molecule has 0 aliphatic heterocycles. The highest BCUT2D eigenvalue weighted by Gasteiger charge is 2.31. The number of ether oxygens (including phenoxy) is 1. The first-order valence-corrected chi connectivity index (χ1v) is 8.64. The third-order valence-electron chi connectivity index (χ3n) is 4.12. The molecule has 0 radical (unpaired) electrons. The molecule has 1 amide bonds. The van der Waals surface area contributed by atoms with Gasteiger partial charge in [0.1, 0.15) is 18.4 Å². The van der Waals surface area contributed by atoms with E-state index in [2.05, 4.69) is 15.4 Å². The van der Waals surface area contributed by atoms with Crippen LogP contribution in [0.5, 0.6) is 5.75 Å². The molecule has 0 aliphatic carbocycles. The zero-order chi connectivity index (χ0) is 22.6. The van der Waals surface area contributed by atoms with Crippen LogP contribution in [-0.2, 0) is 11.0 Å². The van der Waals surface area contributed by atoms with E-state index < -0.39 is 31.4 Å². The maximum Gasteiger partial charge on any atom is 0.489 e. The van der Waals surface area contributed by atoms with Gasteiger partial charge < -0.3 is 20.1 Å². The number of aldehydes is 1. The number of halogens is 3. The zero-order valence-electron chi connectivity index (χ0n) is 15.6. The van der Waals surface area contributed by atoms with Gasteiger partial charge in [0.25, 0.3) is 5.91 Å². The number of nitrogens with one attached hydrogen (secondary N) is 1. The van der Waals surface area contributed by atoms with Crippen LogP contribution in [0.4, 0.5) is 18.9 Å². The van der Waals surface area contributed by atoms with E-state index in [-0.39, 0.29) is 28.2 Å². The molecule has 0 bridgehead atoms. The van der Waals surface area contributed by atoms with Gasteiger partial charge in [-0.15, -0.1) is 0 Å². The molecule has 31 heavy (non-hydrogen) atoms. The summed E-state index contributed by atoms with van der Waals surface area (Å²) >= 11 is 0. The highest BCUT2D eigenvalue weighted by Crippen LogP contribution is 2.33. The van der Waals surface area contributed by atoms with Crippen molar-refractivity contribution in [3.05, 3.63) is 60.2 Å². The smallest absolute Gasteiger partial charge is 0.483 e. The molecule has 0 aliphatic rings. The van der Waals surface area contributed by atoms with E-state index in [9.17, 15) is 32.8 Å². The third kappa shape index (κ3) is 5.08. The number of hydrogen-bond donors (Lipinski definition) is 3. The number of benzene rings is 2. The van der Waals surface area contributed by atoms with Crippen LogP contribution in [0.3, 0.4) is 0 Å². The van der Waals surface area contributed by atoms with E-state index in [4.69, 9.17) is 4.74 Å². The summed E-state index contributed by atoms with van der Waals surface area (Å²) in [6, 6.07) is 6.71. The number of carbonyl (C=O) groups excluding carboxylic acids is 2. The highest BCUT2D eigenvalue weighted by molar-refractivity contribution is 6.60. The summed E-state index contributed by atoms with van der Waals surface area (Å²) in [6.07, 6.45) is -1.88. The number of nitrogens with zero attached hydrogens (tertiary/aromatic N) is 3. The van der Waals surface area contributed by atoms with Gasteiger partial charge in [0.2, 0.25) is 0 Å². The van der Waals surface area contributed by atoms with Gasteiger partial charge in [0, 0.05) is 0 Å². The zero-order valence-corrected chi connectivity index (χ0v) is 15.6. The second-order valence-electron chi connectivity index (χ2n) is 6.16. The molecule has 0 fully saturated rings. The van der Waals surface area contributed by atoms with E-state index in [1.54, 1.807) is 0 Å². The molecule has 3 N–H and O–H groups in total. The van der Waals surface area contributed by atoms with Crippen molar-refractivity contribution in [1.82, 2.24) is 14.8 Å². The van der Waals surface area contributed by atoms with E-state index in [0.717, 1.165) is 18.2 Å². The van der Waals surface area contributed by atoms with E-state index in [1.165, 1.54) is 35.5 Å². The van der Waals surface area contributed by atoms with Crippen LogP contribution in [0, 0.1) is 0 Å². The Morgan fingerprint density at radius 2 is 2.03 bits per heavy atom.